The first-order valence-corrected chi connectivity index (χ1v) is 5.95. The Bertz CT molecular complexity index is 259. The first-order valence-electron chi connectivity index (χ1n) is 4.79. The molecule has 88 valence electrons. The number of carbonyl (C=O) groups is 4. The molecule has 0 aliphatic heterocycles. The zero-order chi connectivity index (χ0) is 13.3. The average Bonchev–Trinajstić information content (AvgIpc) is 2.01. The van der Waals surface area contributed by atoms with E-state index >= 15 is 0 Å². The third-order valence-electron chi connectivity index (χ3n) is 1.59. The number of ketones is 1. The van der Waals surface area contributed by atoms with Crippen LogP contribution in [0.2, 0.25) is 0 Å². The zero-order valence-corrected chi connectivity index (χ0v) is 11.1. The van der Waals surface area contributed by atoms with Gasteiger partial charge in [-0.05, 0) is 13.3 Å². The Morgan fingerprint density at radius 3 is 1.44 bits per heavy atom. The maximum atomic E-state index is 10.4. The van der Waals surface area contributed by atoms with Crippen LogP contribution < -0.4 is 5.11 Å². The molecule has 0 radical (unpaired) electrons. The van der Waals surface area contributed by atoms with Crippen molar-refractivity contribution in [3.8, 4) is 0 Å². The number of carboxylic acids is 1. The van der Waals surface area contributed by atoms with Crippen LogP contribution in [-0.2, 0) is 19.2 Å². The van der Waals surface area contributed by atoms with E-state index in [2.05, 4.69) is 0 Å². The van der Waals surface area contributed by atoms with Crippen LogP contribution in [0.3, 0.4) is 0 Å². The van der Waals surface area contributed by atoms with Crippen LogP contribution in [0.1, 0.15) is 34.1 Å². The van der Waals surface area contributed by atoms with Crippen molar-refractivity contribution in [2.24, 2.45) is 5.92 Å². The van der Waals surface area contributed by atoms with Crippen molar-refractivity contribution in [1.82, 2.24) is 0 Å². The number of rotatable bonds is 5. The van der Waals surface area contributed by atoms with E-state index in [9.17, 15) is 24.3 Å². The number of aliphatic carboxylic acids is 1. The molecule has 16 heavy (non-hydrogen) atoms. The van der Waals surface area contributed by atoms with Gasteiger partial charge < -0.3 is 9.90 Å². The Morgan fingerprint density at radius 1 is 1.06 bits per heavy atom. The second kappa shape index (κ2) is 9.25. The van der Waals surface area contributed by atoms with E-state index in [1.807, 2.05) is 0 Å². The molecule has 1 unspecified atom stereocenters. The van der Waals surface area contributed by atoms with Gasteiger partial charge >= 0.3 is 47.9 Å². The minimum absolute atomic E-state index is 0.0208. The minimum atomic E-state index is -1.27. The van der Waals surface area contributed by atoms with Gasteiger partial charge in [-0.1, -0.05) is 6.92 Å². The van der Waals surface area contributed by atoms with Crippen LogP contribution in [0.4, 0.5) is 0 Å². The number of hydrogen-bond donors (Lipinski definition) is 0. The van der Waals surface area contributed by atoms with Gasteiger partial charge in [0.2, 0.25) is 0 Å². The monoisotopic (exact) mass is 242 g/mol. The predicted octanol–water partition coefficient (Wildman–Crippen LogP) is -0.865. The fourth-order valence-electron chi connectivity index (χ4n) is 0.906. The number of hydrogen-bond acceptors (Lipinski definition) is 5. The molecule has 0 saturated heterocycles. The molecule has 0 aromatic heterocycles. The summed E-state index contributed by atoms with van der Waals surface area (Å²) in [4.78, 5) is 40.6. The maximum absolute atomic E-state index is 10.4. The van der Waals surface area contributed by atoms with Crippen LogP contribution in [0.5, 0.6) is 0 Å². The van der Waals surface area contributed by atoms with Crippen molar-refractivity contribution in [3.63, 3.8) is 0 Å². The van der Waals surface area contributed by atoms with E-state index in [4.69, 9.17) is 0 Å². The first-order chi connectivity index (χ1) is 7.22. The van der Waals surface area contributed by atoms with Gasteiger partial charge in [-0.3, -0.25) is 4.79 Å². The van der Waals surface area contributed by atoms with Gasteiger partial charge in [0.05, 0.1) is 11.9 Å². The summed E-state index contributed by atoms with van der Waals surface area (Å²) in [6.07, 6.45) is 0.317. The third-order valence-corrected chi connectivity index (χ3v) is 2.40. The van der Waals surface area contributed by atoms with Crippen molar-refractivity contribution in [2.45, 2.75) is 34.1 Å². The van der Waals surface area contributed by atoms with Crippen molar-refractivity contribution in [1.29, 1.82) is 0 Å². The molecule has 0 aromatic carbocycles. The summed E-state index contributed by atoms with van der Waals surface area (Å²) in [5.41, 5.74) is 0. The van der Waals surface area contributed by atoms with Gasteiger partial charge in [0.25, 0.3) is 0 Å². The van der Waals surface area contributed by atoms with Gasteiger partial charge in [0, 0.05) is 0 Å². The molecule has 0 rings (SSSR count). The van der Waals surface area contributed by atoms with E-state index in [0.29, 0.717) is 6.42 Å². The number of carbonyl (C=O) groups excluding carboxylic acids is 4. The molecule has 0 spiro atoms. The van der Waals surface area contributed by atoms with E-state index in [0.717, 1.165) is 0 Å². The topological polar surface area (TPSA) is 91.3 Å². The van der Waals surface area contributed by atoms with Crippen molar-refractivity contribution in [2.75, 3.05) is 0 Å². The molecule has 0 bridgehead atoms. The van der Waals surface area contributed by atoms with Crippen LogP contribution in [-0.4, -0.2) is 36.3 Å². The second-order valence-corrected chi connectivity index (χ2v) is 5.17. The summed E-state index contributed by atoms with van der Waals surface area (Å²) in [7, 11) is 0. The average molecular weight is 242 g/mol. The van der Waals surface area contributed by atoms with Crippen molar-refractivity contribution >= 4 is 36.3 Å². The molecule has 0 aromatic rings. The van der Waals surface area contributed by atoms with Gasteiger partial charge in [-0.25, -0.2) is 0 Å². The molecule has 0 fully saturated rings. The third kappa shape index (κ3) is 11.1. The molecule has 1 atom stereocenters. The number of Topliss-reactive ketones (excluding diaryl/α,β-unsaturated/α-hetero) is 1. The molecule has 0 N–H and O–H groups in total. The van der Waals surface area contributed by atoms with Gasteiger partial charge in [0.1, 0.15) is 5.78 Å². The molecular weight excluding hydrogens is 227 g/mol. The SMILES string of the molecule is CCC(C(C)=O)C(=O)[O-].C[C](=O)[Al+][C](C)=O. The predicted molar refractivity (Wildman–Crippen MR) is 56.6 cm³/mol. The summed E-state index contributed by atoms with van der Waals surface area (Å²) in [6.45, 7) is 5.78. The molecule has 5 nitrogen and oxygen atoms in total. The molecule has 0 amide bonds. The summed E-state index contributed by atoms with van der Waals surface area (Å²) in [5, 5.41) is 10.0. The standard InChI is InChI=1S/C6H10O3.2C2H3O.Al/c1-3-5(4(2)7)6(8)9;2*1-2-3;/h5H,3H2,1-2H3,(H,8,9);2*1H3;/q;;;+1/p-1. The van der Waals surface area contributed by atoms with E-state index < -0.39 is 27.1 Å². The summed E-state index contributed by atoms with van der Waals surface area (Å²) in [6, 6.07) is 0. The molecule has 6 heteroatoms. The van der Waals surface area contributed by atoms with Gasteiger partial charge in [0.15, 0.2) is 0 Å². The van der Waals surface area contributed by atoms with E-state index in [-0.39, 0.29) is 15.1 Å². The molecule has 0 saturated carbocycles. The molecular formula is C10H15AlO5. The number of carboxylic acid groups (broad SMARTS) is 1. The fraction of sp³-hybridized carbons (Fsp3) is 0.600. The van der Waals surface area contributed by atoms with Crippen LogP contribution in [0.25, 0.3) is 0 Å². The second-order valence-electron chi connectivity index (χ2n) is 3.26. The molecule has 0 heterocycles. The van der Waals surface area contributed by atoms with Crippen LogP contribution in [0.15, 0.2) is 0 Å². The van der Waals surface area contributed by atoms with Crippen molar-refractivity contribution < 1.29 is 24.3 Å². The summed E-state index contributed by atoms with van der Waals surface area (Å²) >= 11 is -0.565. The Hall–Kier alpha value is -0.988. The van der Waals surface area contributed by atoms with E-state index in [1.54, 1.807) is 6.92 Å². The quantitative estimate of drug-likeness (QED) is 0.462. The Kier molecular flexibility index (Phi) is 10.1. The zero-order valence-electron chi connectivity index (χ0n) is 9.90. The Balaban J connectivity index is 0. The molecule has 0 aliphatic rings. The van der Waals surface area contributed by atoms with Gasteiger partial charge in [-0.15, -0.1) is 0 Å². The summed E-state index contributed by atoms with van der Waals surface area (Å²) in [5.74, 6) is -2.52. The summed E-state index contributed by atoms with van der Waals surface area (Å²) < 4.78 is 0.0417. The normalized spacial score (nSPS) is 10.2. The van der Waals surface area contributed by atoms with Gasteiger partial charge in [-0.2, -0.15) is 0 Å². The Morgan fingerprint density at radius 2 is 1.44 bits per heavy atom. The van der Waals surface area contributed by atoms with E-state index in [1.165, 1.54) is 20.8 Å². The fourth-order valence-corrected chi connectivity index (χ4v) is 1.48. The van der Waals surface area contributed by atoms with Crippen molar-refractivity contribution in [3.05, 3.63) is 0 Å². The molecule has 0 aliphatic carbocycles. The first kappa shape index (κ1) is 17.4. The van der Waals surface area contributed by atoms with Crippen LogP contribution in [0, 0.1) is 5.92 Å². The van der Waals surface area contributed by atoms with Crippen LogP contribution >= 0.6 is 0 Å². The Labute approximate surface area is 101 Å².